The van der Waals surface area contributed by atoms with Crippen molar-refractivity contribution in [3.8, 4) is 0 Å². The van der Waals surface area contributed by atoms with Gasteiger partial charge in [0.05, 0.1) is 0 Å². The fraction of sp³-hybridized carbons (Fsp3) is 0.250. The third-order valence-corrected chi connectivity index (χ3v) is 18.7. The summed E-state index contributed by atoms with van der Waals surface area (Å²) in [5.74, 6) is 1.39. The maximum absolute atomic E-state index is 2.31. The van der Waals surface area contributed by atoms with Gasteiger partial charge in [-0.15, -0.1) is 0 Å². The van der Waals surface area contributed by atoms with Crippen molar-refractivity contribution in [1.29, 1.82) is 0 Å². The Morgan fingerprint density at radius 2 is 2.00 bits per heavy atom. The molecule has 0 nitrogen and oxygen atoms in total. The molecule has 0 atom stereocenters. The molecule has 58 valence electrons. The predicted octanol–water partition coefficient (Wildman–Crippen LogP) is 2.28. The molecule has 2 rings (SSSR count). The third kappa shape index (κ3) is 2.10. The number of hydrogen-bond acceptors (Lipinski definition) is 2. The van der Waals surface area contributed by atoms with E-state index in [0.29, 0.717) is 0 Å². The summed E-state index contributed by atoms with van der Waals surface area (Å²) in [6, 6.07) is 11.1. The predicted molar refractivity (Wildman–Crippen MR) is 56.7 cm³/mol. The first kappa shape index (κ1) is 8.34. The van der Waals surface area contributed by atoms with Crippen molar-refractivity contribution in [3.63, 3.8) is 0 Å². The Hall–Kier alpha value is 0.738. The van der Waals surface area contributed by atoms with Gasteiger partial charge < -0.3 is 0 Å². The van der Waals surface area contributed by atoms with Gasteiger partial charge in [-0.05, 0) is 0 Å². The molecule has 0 N–H and O–H groups in total. The molecule has 1 aromatic rings. The van der Waals surface area contributed by atoms with Crippen molar-refractivity contribution in [1.82, 2.24) is 0 Å². The zero-order valence-corrected chi connectivity index (χ0v) is 10.3. The second-order valence-corrected chi connectivity index (χ2v) is 16.0. The summed E-state index contributed by atoms with van der Waals surface area (Å²) in [7, 11) is 4.27. The Balaban J connectivity index is 2.16. The Morgan fingerprint density at radius 3 is 2.64 bits per heavy atom. The summed E-state index contributed by atoms with van der Waals surface area (Å²) in [6.45, 7) is 0. The van der Waals surface area contributed by atoms with Crippen LogP contribution in [0.4, 0.5) is 0 Å². The molecular formula is C8H9S2Sb. The van der Waals surface area contributed by atoms with Crippen molar-refractivity contribution in [2.45, 2.75) is 4.37 Å². The van der Waals surface area contributed by atoms with E-state index in [-0.39, 0.29) is 0 Å². The molecule has 0 unspecified atom stereocenters. The molecule has 0 radical (unpaired) electrons. The second kappa shape index (κ2) is 4.11. The van der Waals surface area contributed by atoms with Crippen LogP contribution in [0.3, 0.4) is 0 Å². The first-order valence-electron chi connectivity index (χ1n) is 3.59. The van der Waals surface area contributed by atoms with Crippen LogP contribution < -0.4 is 3.51 Å². The molecule has 1 heterocycles. The van der Waals surface area contributed by atoms with E-state index < -0.39 is 18.8 Å². The van der Waals surface area contributed by atoms with Crippen molar-refractivity contribution in [2.24, 2.45) is 0 Å². The molecule has 0 spiro atoms. The van der Waals surface area contributed by atoms with Crippen LogP contribution in [0.25, 0.3) is 0 Å². The standard InChI is InChI=1S/C6H5.C2H5S2.Sb/c1-2-4-6-5-3-1;1-2-4-3;/h1-5H;3H,1-2H2;/q;;+1/p-1. The zero-order valence-electron chi connectivity index (χ0n) is 6.06. The fourth-order valence-electron chi connectivity index (χ4n) is 1.02. The molecule has 1 aliphatic rings. The van der Waals surface area contributed by atoms with Crippen molar-refractivity contribution >= 4 is 41.0 Å². The summed E-state index contributed by atoms with van der Waals surface area (Å²) in [4.78, 5) is 0. The van der Waals surface area contributed by atoms with E-state index in [1.165, 1.54) is 10.1 Å². The Kier molecular flexibility index (Phi) is 3.12. The van der Waals surface area contributed by atoms with Gasteiger partial charge in [-0.3, -0.25) is 0 Å². The molecule has 1 saturated heterocycles. The van der Waals surface area contributed by atoms with Gasteiger partial charge >= 0.3 is 81.4 Å². The number of benzene rings is 1. The zero-order chi connectivity index (χ0) is 7.52. The minimum atomic E-state index is -0.979. The minimum absolute atomic E-state index is 0.979. The molecule has 1 aliphatic heterocycles. The van der Waals surface area contributed by atoms with Gasteiger partial charge in [0.15, 0.2) is 0 Å². The Bertz CT molecular complexity index is 219. The number of hydrogen-bond donors (Lipinski definition) is 0. The topological polar surface area (TPSA) is 0 Å². The van der Waals surface area contributed by atoms with Crippen LogP contribution in [0.2, 0.25) is 4.37 Å². The van der Waals surface area contributed by atoms with E-state index in [9.17, 15) is 0 Å². The molecule has 0 saturated carbocycles. The molecule has 0 aromatic heterocycles. The van der Waals surface area contributed by atoms with Crippen LogP contribution in [0, 0.1) is 0 Å². The molecule has 1 fully saturated rings. The quantitative estimate of drug-likeness (QED) is 0.575. The molecule has 0 aliphatic carbocycles. The number of rotatable bonds is 1. The van der Waals surface area contributed by atoms with Crippen LogP contribution in [0.5, 0.6) is 0 Å². The Morgan fingerprint density at radius 1 is 1.18 bits per heavy atom. The van der Waals surface area contributed by atoms with Gasteiger partial charge in [-0.1, -0.05) is 0 Å². The van der Waals surface area contributed by atoms with Crippen LogP contribution in [0.1, 0.15) is 0 Å². The average Bonchev–Trinajstić information content (AvgIpc) is 2.58. The Labute approximate surface area is 80.9 Å². The van der Waals surface area contributed by atoms with Crippen molar-refractivity contribution in [2.75, 3.05) is 5.75 Å². The normalized spacial score (nSPS) is 18.9. The summed E-state index contributed by atoms with van der Waals surface area (Å²) in [5.41, 5.74) is 0. The van der Waals surface area contributed by atoms with Crippen LogP contribution in [0.15, 0.2) is 30.3 Å². The summed E-state index contributed by atoms with van der Waals surface area (Å²) in [6.07, 6.45) is 0. The molecule has 0 amide bonds. The van der Waals surface area contributed by atoms with Gasteiger partial charge in [0.1, 0.15) is 0 Å². The average molecular weight is 291 g/mol. The van der Waals surface area contributed by atoms with E-state index in [0.717, 1.165) is 0 Å². The maximum atomic E-state index is 2.31. The molecule has 11 heavy (non-hydrogen) atoms. The molecule has 1 aromatic carbocycles. The van der Waals surface area contributed by atoms with Gasteiger partial charge in [-0.2, -0.15) is 0 Å². The van der Waals surface area contributed by atoms with Crippen molar-refractivity contribution in [3.05, 3.63) is 30.3 Å². The van der Waals surface area contributed by atoms with Gasteiger partial charge in [0.2, 0.25) is 0 Å². The molecular weight excluding hydrogens is 282 g/mol. The van der Waals surface area contributed by atoms with Gasteiger partial charge in [0.25, 0.3) is 0 Å². The first-order chi connectivity index (χ1) is 5.47. The van der Waals surface area contributed by atoms with E-state index in [2.05, 4.69) is 49.0 Å². The van der Waals surface area contributed by atoms with E-state index >= 15 is 0 Å². The summed E-state index contributed by atoms with van der Waals surface area (Å²) < 4.78 is 3.19. The summed E-state index contributed by atoms with van der Waals surface area (Å²) >= 11 is -0.979. The van der Waals surface area contributed by atoms with Gasteiger partial charge in [0, 0.05) is 0 Å². The van der Waals surface area contributed by atoms with Crippen LogP contribution >= 0.6 is 18.7 Å². The van der Waals surface area contributed by atoms with E-state index in [1.54, 1.807) is 3.51 Å². The van der Waals surface area contributed by atoms with Crippen molar-refractivity contribution < 1.29 is 0 Å². The monoisotopic (exact) mass is 290 g/mol. The van der Waals surface area contributed by atoms with Crippen LogP contribution in [-0.2, 0) is 0 Å². The summed E-state index contributed by atoms with van der Waals surface area (Å²) in [5, 5.41) is 0. The first-order valence-corrected chi connectivity index (χ1v) is 12.1. The van der Waals surface area contributed by atoms with Crippen LogP contribution in [-0.4, -0.2) is 24.6 Å². The molecule has 3 heteroatoms. The van der Waals surface area contributed by atoms with Gasteiger partial charge in [-0.25, -0.2) is 0 Å². The SMILES string of the molecule is c1cc[c]([Sb]2[CH2]CS[S]2)cc1. The van der Waals surface area contributed by atoms with E-state index in [1.807, 2.05) is 0 Å². The second-order valence-electron chi connectivity index (χ2n) is 2.33. The molecule has 0 bridgehead atoms. The fourth-order valence-corrected chi connectivity index (χ4v) is 20.1. The van der Waals surface area contributed by atoms with E-state index in [4.69, 9.17) is 0 Å². The third-order valence-electron chi connectivity index (χ3n) is 1.56.